The molecule has 1 atom stereocenters. The molecular formula is C25H22N6O3S. The lowest BCUT2D eigenvalue weighted by molar-refractivity contribution is -0.113. The van der Waals surface area contributed by atoms with E-state index in [0.29, 0.717) is 24.4 Å². The highest BCUT2D eigenvalue weighted by Gasteiger charge is 2.35. The smallest absolute Gasteiger partial charge is 0.414 e. The van der Waals surface area contributed by atoms with Gasteiger partial charge in [-0.25, -0.2) is 4.79 Å². The van der Waals surface area contributed by atoms with Gasteiger partial charge >= 0.3 is 6.09 Å². The molecular weight excluding hydrogens is 464 g/mol. The third-order valence-electron chi connectivity index (χ3n) is 6.49. The Bertz CT molecular complexity index is 1380. The Balaban J connectivity index is 1.05. The topological polar surface area (TPSA) is 111 Å². The molecule has 3 aromatic rings. The van der Waals surface area contributed by atoms with Crippen LogP contribution in [-0.4, -0.2) is 61.1 Å². The van der Waals surface area contributed by atoms with Crippen LogP contribution in [0.4, 0.5) is 21.9 Å². The minimum absolute atomic E-state index is 0.0365. The lowest BCUT2D eigenvalue weighted by Crippen LogP contribution is -2.59. The van der Waals surface area contributed by atoms with Crippen molar-refractivity contribution in [1.29, 1.82) is 5.26 Å². The number of anilines is 3. The first-order valence-corrected chi connectivity index (χ1v) is 12.4. The van der Waals surface area contributed by atoms with Crippen molar-refractivity contribution >= 4 is 51.7 Å². The summed E-state index contributed by atoms with van der Waals surface area (Å²) in [6, 6.07) is 15.6. The standard InChI is InChI=1S/C25H22N6O3S/c26-9-15-1-3-20-19(7-15)22(5-6-27-20)30-11-16(12-30)28-10-18-13-31(25(33)34-18)17-2-4-23-21(8-17)29-24(32)14-35-23/h1-8,16,18,28H,10-14H2,(H,29,32). The summed E-state index contributed by atoms with van der Waals surface area (Å²) in [7, 11) is 0. The highest BCUT2D eigenvalue weighted by molar-refractivity contribution is 8.00. The van der Waals surface area contributed by atoms with Gasteiger partial charge in [0.25, 0.3) is 0 Å². The highest BCUT2D eigenvalue weighted by Crippen LogP contribution is 2.35. The van der Waals surface area contributed by atoms with Crippen LogP contribution >= 0.6 is 11.8 Å². The lowest BCUT2D eigenvalue weighted by atomic mass is 10.0. The number of aromatic nitrogens is 1. The molecule has 0 spiro atoms. The second kappa shape index (κ2) is 8.76. The largest absolute Gasteiger partial charge is 0.443 e. The van der Waals surface area contributed by atoms with Crippen molar-refractivity contribution in [1.82, 2.24) is 10.3 Å². The summed E-state index contributed by atoms with van der Waals surface area (Å²) < 4.78 is 5.59. The molecule has 2 fully saturated rings. The number of rotatable bonds is 5. The van der Waals surface area contributed by atoms with Crippen LogP contribution in [0, 0.1) is 11.3 Å². The Morgan fingerprint density at radius 3 is 2.91 bits per heavy atom. The first-order valence-electron chi connectivity index (χ1n) is 11.4. The van der Waals surface area contributed by atoms with Gasteiger partial charge < -0.3 is 20.3 Å². The normalized spacial score (nSPS) is 19.7. The van der Waals surface area contributed by atoms with E-state index in [1.54, 1.807) is 17.2 Å². The molecule has 1 aromatic heterocycles. The predicted octanol–water partition coefficient (Wildman–Crippen LogP) is 2.95. The fourth-order valence-electron chi connectivity index (χ4n) is 4.66. The molecule has 3 aliphatic rings. The van der Waals surface area contributed by atoms with Crippen molar-refractivity contribution in [2.45, 2.75) is 17.0 Å². The van der Waals surface area contributed by atoms with Crippen LogP contribution in [0.25, 0.3) is 10.9 Å². The quantitative estimate of drug-likeness (QED) is 0.566. The Kier molecular flexibility index (Phi) is 5.43. The van der Waals surface area contributed by atoms with Gasteiger partial charge in [0.1, 0.15) is 6.10 Å². The zero-order valence-corrected chi connectivity index (χ0v) is 19.5. The van der Waals surface area contributed by atoms with E-state index in [2.05, 4.69) is 26.6 Å². The van der Waals surface area contributed by atoms with Gasteiger partial charge in [-0.1, -0.05) is 0 Å². The molecule has 0 aliphatic carbocycles. The number of cyclic esters (lactones) is 1. The number of ether oxygens (including phenoxy) is 1. The predicted molar refractivity (Wildman–Crippen MR) is 134 cm³/mol. The highest BCUT2D eigenvalue weighted by atomic mass is 32.2. The molecule has 2 amide bonds. The average Bonchev–Trinajstić information content (AvgIpc) is 3.22. The van der Waals surface area contributed by atoms with Crippen molar-refractivity contribution < 1.29 is 14.3 Å². The Morgan fingerprint density at radius 2 is 2.06 bits per heavy atom. The molecule has 3 aliphatic heterocycles. The molecule has 0 bridgehead atoms. The van der Waals surface area contributed by atoms with Crippen LogP contribution in [0.3, 0.4) is 0 Å². The van der Waals surface area contributed by atoms with E-state index in [0.717, 1.165) is 46.0 Å². The van der Waals surface area contributed by atoms with E-state index >= 15 is 0 Å². The number of fused-ring (bicyclic) bond motifs is 2. The summed E-state index contributed by atoms with van der Waals surface area (Å²) in [5, 5.41) is 16.6. The van der Waals surface area contributed by atoms with Crippen LogP contribution in [0.1, 0.15) is 5.56 Å². The fraction of sp³-hybridized carbons (Fsp3) is 0.280. The van der Waals surface area contributed by atoms with Gasteiger partial charge in [-0.2, -0.15) is 5.26 Å². The molecule has 0 saturated carbocycles. The summed E-state index contributed by atoms with van der Waals surface area (Å²) in [5.41, 5.74) is 4.01. The van der Waals surface area contributed by atoms with E-state index < -0.39 is 0 Å². The molecule has 6 rings (SSSR count). The van der Waals surface area contributed by atoms with Crippen molar-refractivity contribution in [3.05, 3.63) is 54.2 Å². The number of hydrogen-bond donors (Lipinski definition) is 2. The zero-order chi connectivity index (χ0) is 23.9. The maximum Gasteiger partial charge on any atom is 0.414 e. The lowest BCUT2D eigenvalue weighted by Gasteiger charge is -2.42. The molecule has 35 heavy (non-hydrogen) atoms. The third kappa shape index (κ3) is 4.13. The number of thioether (sulfide) groups is 1. The second-order valence-electron chi connectivity index (χ2n) is 8.82. The van der Waals surface area contributed by atoms with Crippen LogP contribution in [0.2, 0.25) is 0 Å². The van der Waals surface area contributed by atoms with E-state index in [9.17, 15) is 14.9 Å². The molecule has 4 heterocycles. The Labute approximate surface area is 206 Å². The number of nitriles is 1. The van der Waals surface area contributed by atoms with E-state index in [-0.39, 0.29) is 24.1 Å². The van der Waals surface area contributed by atoms with Crippen LogP contribution in [-0.2, 0) is 9.53 Å². The van der Waals surface area contributed by atoms with Crippen molar-refractivity contribution in [3.8, 4) is 6.07 Å². The molecule has 10 heteroatoms. The van der Waals surface area contributed by atoms with Gasteiger partial charge in [0.15, 0.2) is 0 Å². The maximum atomic E-state index is 12.5. The van der Waals surface area contributed by atoms with Crippen LogP contribution in [0.5, 0.6) is 0 Å². The number of nitrogens with one attached hydrogen (secondary N) is 2. The third-order valence-corrected chi connectivity index (χ3v) is 7.56. The minimum Gasteiger partial charge on any atom is -0.443 e. The fourth-order valence-corrected chi connectivity index (χ4v) is 5.45. The minimum atomic E-state index is -0.377. The van der Waals surface area contributed by atoms with Gasteiger partial charge in [0.2, 0.25) is 5.91 Å². The van der Waals surface area contributed by atoms with Gasteiger partial charge in [-0.05, 0) is 42.5 Å². The first kappa shape index (κ1) is 21.7. The summed E-state index contributed by atoms with van der Waals surface area (Å²) >= 11 is 1.49. The van der Waals surface area contributed by atoms with Crippen LogP contribution in [0.15, 0.2) is 53.6 Å². The zero-order valence-electron chi connectivity index (χ0n) is 18.7. The van der Waals surface area contributed by atoms with Gasteiger partial charge in [-0.15, -0.1) is 11.8 Å². The van der Waals surface area contributed by atoms with E-state index in [1.807, 2.05) is 36.4 Å². The van der Waals surface area contributed by atoms with E-state index in [1.165, 1.54) is 11.8 Å². The van der Waals surface area contributed by atoms with Crippen molar-refractivity contribution in [3.63, 3.8) is 0 Å². The molecule has 176 valence electrons. The van der Waals surface area contributed by atoms with E-state index in [4.69, 9.17) is 4.74 Å². The second-order valence-corrected chi connectivity index (χ2v) is 9.83. The molecule has 9 nitrogen and oxygen atoms in total. The average molecular weight is 487 g/mol. The molecule has 2 aromatic carbocycles. The molecule has 2 saturated heterocycles. The Morgan fingerprint density at radius 1 is 1.17 bits per heavy atom. The summed E-state index contributed by atoms with van der Waals surface area (Å²) in [4.78, 5) is 33.5. The number of benzene rings is 2. The first-order chi connectivity index (χ1) is 17.1. The number of hydrogen-bond acceptors (Lipinski definition) is 8. The molecule has 1 unspecified atom stereocenters. The monoisotopic (exact) mass is 486 g/mol. The van der Waals surface area contributed by atoms with Crippen molar-refractivity contribution in [2.24, 2.45) is 0 Å². The number of carbonyl (C=O) groups excluding carboxylic acids is 2. The van der Waals surface area contributed by atoms with Crippen LogP contribution < -0.4 is 20.4 Å². The van der Waals surface area contributed by atoms with Gasteiger partial charge in [0.05, 0.1) is 35.1 Å². The summed E-state index contributed by atoms with van der Waals surface area (Å²) in [5.74, 6) is 0.369. The number of pyridine rings is 1. The number of amides is 2. The van der Waals surface area contributed by atoms with Crippen molar-refractivity contribution in [2.75, 3.05) is 47.0 Å². The maximum absolute atomic E-state index is 12.5. The summed E-state index contributed by atoms with van der Waals surface area (Å²) in [6.07, 6.45) is 1.16. The van der Waals surface area contributed by atoms with Gasteiger partial charge in [0, 0.05) is 53.5 Å². The number of nitrogens with zero attached hydrogens (tertiary/aromatic N) is 4. The number of carbonyl (C=O) groups is 2. The van der Waals surface area contributed by atoms with Gasteiger partial charge in [-0.3, -0.25) is 14.7 Å². The molecule has 2 N–H and O–H groups in total. The molecule has 0 radical (unpaired) electrons. The Hall–Kier alpha value is -3.81. The summed E-state index contributed by atoms with van der Waals surface area (Å²) in [6.45, 7) is 2.66. The SMILES string of the molecule is N#Cc1ccc2nccc(N3CC(NCC4CN(c5ccc6c(c5)NC(=O)CS6)C(=O)O4)C3)c2c1.